The summed E-state index contributed by atoms with van der Waals surface area (Å²) in [5.41, 5.74) is 1.73. The number of carbonyl (C=O) groups is 1. The zero-order chi connectivity index (χ0) is 17.0. The zero-order valence-electron chi connectivity index (χ0n) is 12.8. The molecule has 0 aromatic heterocycles. The lowest BCUT2D eigenvalue weighted by Gasteiger charge is -2.20. The molecule has 0 fully saturated rings. The molecular weight excluding hydrogens is 427 g/mol. The molecule has 0 radical (unpaired) electrons. The Labute approximate surface area is 149 Å². The highest BCUT2D eigenvalue weighted by molar-refractivity contribution is 14.1. The lowest BCUT2D eigenvalue weighted by Crippen LogP contribution is -2.29. The Bertz CT molecular complexity index is 787. The van der Waals surface area contributed by atoms with Crippen molar-refractivity contribution in [2.75, 3.05) is 22.4 Å². The van der Waals surface area contributed by atoms with E-state index in [0.717, 1.165) is 9.83 Å². The Morgan fingerprint density at radius 2 is 1.65 bits per heavy atom. The molecule has 0 saturated heterocycles. The monoisotopic (exact) mass is 444 g/mol. The van der Waals surface area contributed by atoms with Crippen LogP contribution in [0, 0.1) is 3.57 Å². The number of nitrogens with one attached hydrogen (secondary N) is 1. The fourth-order valence-corrected chi connectivity index (χ4v) is 3.46. The van der Waals surface area contributed by atoms with Crippen molar-refractivity contribution in [1.29, 1.82) is 0 Å². The second-order valence-electron chi connectivity index (χ2n) is 4.94. The minimum atomic E-state index is -3.32. The van der Waals surface area contributed by atoms with Gasteiger partial charge in [-0.15, -0.1) is 0 Å². The number of hydrogen-bond acceptors (Lipinski definition) is 3. The fourth-order valence-electron chi connectivity index (χ4n) is 2.12. The van der Waals surface area contributed by atoms with Gasteiger partial charge >= 0.3 is 0 Å². The summed E-state index contributed by atoms with van der Waals surface area (Å²) in [7, 11) is -3.32. The third-order valence-corrected chi connectivity index (χ3v) is 5.20. The van der Waals surface area contributed by atoms with Crippen LogP contribution in [0.15, 0.2) is 48.5 Å². The average Bonchev–Trinajstić information content (AvgIpc) is 2.49. The minimum absolute atomic E-state index is 0.236. The first kappa shape index (κ1) is 17.7. The molecule has 5 nitrogen and oxygen atoms in total. The van der Waals surface area contributed by atoms with E-state index in [9.17, 15) is 13.2 Å². The van der Waals surface area contributed by atoms with Gasteiger partial charge in [0.15, 0.2) is 0 Å². The van der Waals surface area contributed by atoms with E-state index in [2.05, 4.69) is 27.9 Å². The quantitative estimate of drug-likeness (QED) is 0.720. The van der Waals surface area contributed by atoms with Gasteiger partial charge in [0.05, 0.1) is 11.9 Å². The predicted octanol–water partition coefficient (Wildman–Crippen LogP) is 3.33. The molecule has 0 atom stereocenters. The van der Waals surface area contributed by atoms with Gasteiger partial charge in [-0.3, -0.25) is 9.10 Å². The molecule has 0 bridgehead atoms. The fraction of sp³-hybridized carbons (Fsp3) is 0.188. The summed E-state index contributed by atoms with van der Waals surface area (Å²) in [4.78, 5) is 12.2. The minimum Gasteiger partial charge on any atom is -0.322 e. The summed E-state index contributed by atoms with van der Waals surface area (Å²) in [5.74, 6) is -0.236. The van der Waals surface area contributed by atoms with Crippen LogP contribution in [0.2, 0.25) is 0 Å². The van der Waals surface area contributed by atoms with Gasteiger partial charge in [-0.25, -0.2) is 8.42 Å². The van der Waals surface area contributed by atoms with Gasteiger partial charge < -0.3 is 5.32 Å². The molecule has 0 unspecified atom stereocenters. The van der Waals surface area contributed by atoms with Crippen LogP contribution in [-0.2, 0) is 10.0 Å². The number of halogens is 1. The molecule has 0 spiro atoms. The maximum absolute atomic E-state index is 12.2. The van der Waals surface area contributed by atoms with E-state index in [1.54, 1.807) is 31.2 Å². The number of benzene rings is 2. The molecular formula is C16H17IN2O3S. The Morgan fingerprint density at radius 3 is 2.13 bits per heavy atom. The Kier molecular flexibility index (Phi) is 5.64. The van der Waals surface area contributed by atoms with Crippen LogP contribution < -0.4 is 9.62 Å². The maximum atomic E-state index is 12.2. The summed E-state index contributed by atoms with van der Waals surface area (Å²) in [6.45, 7) is 2.10. The first-order valence-electron chi connectivity index (χ1n) is 6.96. The van der Waals surface area contributed by atoms with E-state index in [1.165, 1.54) is 4.31 Å². The average molecular weight is 444 g/mol. The number of nitrogens with zero attached hydrogens (tertiary/aromatic N) is 1. The standard InChI is InChI=1S/C16H17IN2O3S/c1-3-19(23(2,21)22)15-10-4-12(5-11-15)16(20)18-14-8-6-13(17)7-9-14/h4-11H,3H2,1-2H3,(H,18,20). The molecule has 7 heteroatoms. The van der Waals surface area contributed by atoms with Crippen LogP contribution in [0.4, 0.5) is 11.4 Å². The summed E-state index contributed by atoms with van der Waals surface area (Å²) in [5, 5.41) is 2.80. The van der Waals surface area contributed by atoms with Crippen molar-refractivity contribution < 1.29 is 13.2 Å². The highest BCUT2D eigenvalue weighted by Gasteiger charge is 2.15. The molecule has 0 saturated carbocycles. The Morgan fingerprint density at radius 1 is 1.09 bits per heavy atom. The largest absolute Gasteiger partial charge is 0.322 e. The van der Waals surface area contributed by atoms with Crippen molar-refractivity contribution in [3.05, 3.63) is 57.7 Å². The summed E-state index contributed by atoms with van der Waals surface area (Å²) in [6, 6.07) is 14.0. The van der Waals surface area contributed by atoms with Crippen molar-refractivity contribution in [3.8, 4) is 0 Å². The molecule has 122 valence electrons. The van der Waals surface area contributed by atoms with Crippen molar-refractivity contribution in [2.45, 2.75) is 6.92 Å². The lowest BCUT2D eigenvalue weighted by molar-refractivity contribution is 0.102. The van der Waals surface area contributed by atoms with Crippen LogP contribution in [0.3, 0.4) is 0 Å². The van der Waals surface area contributed by atoms with Gasteiger partial charge in [0.1, 0.15) is 0 Å². The second-order valence-corrected chi connectivity index (χ2v) is 8.09. The Balaban J connectivity index is 2.15. The SMILES string of the molecule is CCN(c1ccc(C(=O)Nc2ccc(I)cc2)cc1)S(C)(=O)=O. The normalized spacial score (nSPS) is 11.1. The van der Waals surface area contributed by atoms with E-state index in [1.807, 2.05) is 24.3 Å². The van der Waals surface area contributed by atoms with Gasteiger partial charge in [-0.05, 0) is 78.0 Å². The number of rotatable bonds is 5. The van der Waals surface area contributed by atoms with Crippen molar-refractivity contribution in [3.63, 3.8) is 0 Å². The second kappa shape index (κ2) is 7.31. The number of hydrogen-bond donors (Lipinski definition) is 1. The van der Waals surface area contributed by atoms with E-state index >= 15 is 0 Å². The molecule has 23 heavy (non-hydrogen) atoms. The van der Waals surface area contributed by atoms with Gasteiger partial charge in [0.2, 0.25) is 10.0 Å². The first-order chi connectivity index (χ1) is 10.8. The van der Waals surface area contributed by atoms with Crippen LogP contribution in [0.1, 0.15) is 17.3 Å². The molecule has 0 aliphatic carbocycles. The number of amides is 1. The van der Waals surface area contributed by atoms with Crippen LogP contribution in [0.5, 0.6) is 0 Å². The topological polar surface area (TPSA) is 66.5 Å². The highest BCUT2D eigenvalue weighted by Crippen LogP contribution is 2.19. The van der Waals surface area contributed by atoms with Crippen LogP contribution in [-0.4, -0.2) is 27.1 Å². The number of anilines is 2. The summed E-state index contributed by atoms with van der Waals surface area (Å²) in [6.07, 6.45) is 1.16. The maximum Gasteiger partial charge on any atom is 0.255 e. The molecule has 2 rings (SSSR count). The van der Waals surface area contributed by atoms with Crippen LogP contribution >= 0.6 is 22.6 Å². The van der Waals surface area contributed by atoms with Gasteiger partial charge in [-0.1, -0.05) is 0 Å². The van der Waals surface area contributed by atoms with Gasteiger partial charge in [-0.2, -0.15) is 0 Å². The van der Waals surface area contributed by atoms with E-state index in [0.29, 0.717) is 23.5 Å². The van der Waals surface area contributed by atoms with E-state index in [4.69, 9.17) is 0 Å². The summed E-state index contributed by atoms with van der Waals surface area (Å²) >= 11 is 2.19. The molecule has 1 amide bonds. The van der Waals surface area contributed by atoms with Crippen molar-refractivity contribution in [1.82, 2.24) is 0 Å². The molecule has 0 aliphatic heterocycles. The van der Waals surface area contributed by atoms with E-state index < -0.39 is 10.0 Å². The molecule has 1 N–H and O–H groups in total. The van der Waals surface area contributed by atoms with Crippen molar-refractivity contribution >= 4 is 49.9 Å². The summed E-state index contributed by atoms with van der Waals surface area (Å²) < 4.78 is 25.8. The Hall–Kier alpha value is -1.61. The van der Waals surface area contributed by atoms with Gasteiger partial charge in [0, 0.05) is 21.4 Å². The van der Waals surface area contributed by atoms with Crippen molar-refractivity contribution in [2.24, 2.45) is 0 Å². The van der Waals surface area contributed by atoms with E-state index in [-0.39, 0.29) is 5.91 Å². The third-order valence-electron chi connectivity index (χ3n) is 3.21. The molecule has 2 aromatic rings. The third kappa shape index (κ3) is 4.68. The highest BCUT2D eigenvalue weighted by atomic mass is 127. The zero-order valence-corrected chi connectivity index (χ0v) is 15.8. The molecule has 0 heterocycles. The van der Waals surface area contributed by atoms with Gasteiger partial charge in [0.25, 0.3) is 5.91 Å². The number of carbonyl (C=O) groups excluding carboxylic acids is 1. The smallest absolute Gasteiger partial charge is 0.255 e. The first-order valence-corrected chi connectivity index (χ1v) is 9.88. The molecule has 0 aliphatic rings. The number of sulfonamides is 1. The molecule has 2 aromatic carbocycles. The van der Waals surface area contributed by atoms with Crippen LogP contribution in [0.25, 0.3) is 0 Å². The lowest BCUT2D eigenvalue weighted by atomic mass is 10.2. The predicted molar refractivity (Wildman–Crippen MR) is 101 cm³/mol.